The molecule has 3 rings (SSSR count). The fourth-order valence-corrected chi connectivity index (χ4v) is 2.30. The molecule has 132 valence electrons. The first kappa shape index (κ1) is 17.3. The quantitative estimate of drug-likeness (QED) is 0.506. The highest BCUT2D eigenvalue weighted by Gasteiger charge is 2.18. The number of esters is 1. The number of halogens is 1. The van der Waals surface area contributed by atoms with Crippen LogP contribution in [0.3, 0.4) is 0 Å². The summed E-state index contributed by atoms with van der Waals surface area (Å²) >= 11 is 0. The lowest BCUT2D eigenvalue weighted by atomic mass is 10.1. The third-order valence-electron chi connectivity index (χ3n) is 3.54. The Morgan fingerprint density at radius 2 is 2.08 bits per heavy atom. The van der Waals surface area contributed by atoms with Gasteiger partial charge in [0.25, 0.3) is 5.91 Å². The minimum atomic E-state index is -0.725. The molecule has 7 heteroatoms. The number of rotatable bonds is 5. The molecule has 0 saturated heterocycles. The van der Waals surface area contributed by atoms with E-state index in [1.165, 1.54) is 36.4 Å². The summed E-state index contributed by atoms with van der Waals surface area (Å²) in [5.74, 6) is -1.41. The van der Waals surface area contributed by atoms with Gasteiger partial charge in [-0.3, -0.25) is 9.59 Å². The zero-order chi connectivity index (χ0) is 18.5. The van der Waals surface area contributed by atoms with Crippen LogP contribution in [-0.2, 0) is 14.3 Å². The minimum Gasteiger partial charge on any atom is -0.482 e. The molecule has 1 N–H and O–H groups in total. The van der Waals surface area contributed by atoms with Gasteiger partial charge in [-0.05, 0) is 42.0 Å². The number of ketones is 1. The molecule has 2 aromatic rings. The Labute approximate surface area is 148 Å². The van der Waals surface area contributed by atoms with Gasteiger partial charge in [0, 0.05) is 11.6 Å². The first-order valence-corrected chi connectivity index (χ1v) is 7.71. The lowest BCUT2D eigenvalue weighted by Crippen LogP contribution is -2.25. The molecule has 1 aliphatic heterocycles. The minimum absolute atomic E-state index is 0.0739. The van der Waals surface area contributed by atoms with Crippen molar-refractivity contribution in [2.45, 2.75) is 0 Å². The van der Waals surface area contributed by atoms with Crippen LogP contribution < -0.4 is 10.1 Å². The molecule has 2 aromatic carbocycles. The number of Topliss-reactive ketones (excluding diaryl/α,β-unsaturated/α-hetero) is 1. The van der Waals surface area contributed by atoms with E-state index in [1.54, 1.807) is 12.1 Å². The number of nitrogens with one attached hydrogen (secondary N) is 1. The number of hydrogen-bond donors (Lipinski definition) is 1. The summed E-state index contributed by atoms with van der Waals surface area (Å²) in [6.45, 7) is -0.532. The molecule has 6 nitrogen and oxygen atoms in total. The lowest BCUT2D eigenvalue weighted by Gasteiger charge is -2.18. The van der Waals surface area contributed by atoms with Crippen LogP contribution in [0.1, 0.15) is 15.9 Å². The van der Waals surface area contributed by atoms with E-state index in [0.29, 0.717) is 17.0 Å². The molecule has 0 saturated carbocycles. The molecule has 0 radical (unpaired) electrons. The number of fused-ring (bicyclic) bond motifs is 1. The summed E-state index contributed by atoms with van der Waals surface area (Å²) in [7, 11) is 0. The number of amides is 1. The zero-order valence-corrected chi connectivity index (χ0v) is 13.5. The normalized spacial score (nSPS) is 12.9. The van der Waals surface area contributed by atoms with E-state index in [0.717, 1.165) is 6.08 Å². The summed E-state index contributed by atoms with van der Waals surface area (Å²) in [6.07, 6.45) is 2.50. The maximum Gasteiger partial charge on any atom is 0.331 e. The van der Waals surface area contributed by atoms with Gasteiger partial charge in [0.05, 0.1) is 5.69 Å². The van der Waals surface area contributed by atoms with Crippen LogP contribution in [0.5, 0.6) is 5.75 Å². The second-order valence-corrected chi connectivity index (χ2v) is 5.47. The Morgan fingerprint density at radius 1 is 1.23 bits per heavy atom. The number of hydrogen-bond acceptors (Lipinski definition) is 5. The highest BCUT2D eigenvalue weighted by atomic mass is 19.1. The number of carbonyl (C=O) groups is 3. The van der Waals surface area contributed by atoms with E-state index in [2.05, 4.69) is 5.32 Å². The molecule has 0 fully saturated rings. The van der Waals surface area contributed by atoms with Gasteiger partial charge in [-0.2, -0.15) is 0 Å². The Bertz CT molecular complexity index is 907. The van der Waals surface area contributed by atoms with Crippen molar-refractivity contribution in [1.29, 1.82) is 0 Å². The highest BCUT2D eigenvalue weighted by molar-refractivity contribution is 6.02. The van der Waals surface area contributed by atoms with Crippen LogP contribution in [0.25, 0.3) is 6.08 Å². The van der Waals surface area contributed by atoms with Crippen LogP contribution in [-0.4, -0.2) is 30.9 Å². The SMILES string of the molecule is O=C1COc2ccc(C(=O)COC(=O)/C=C/c3cccc(F)c3)cc2N1. The summed E-state index contributed by atoms with van der Waals surface area (Å²) in [5, 5.41) is 2.60. The van der Waals surface area contributed by atoms with Gasteiger partial charge >= 0.3 is 5.97 Å². The van der Waals surface area contributed by atoms with Crippen molar-refractivity contribution in [3.8, 4) is 5.75 Å². The molecule has 0 aliphatic carbocycles. The first-order chi connectivity index (χ1) is 12.5. The third kappa shape index (κ3) is 4.32. The predicted molar refractivity (Wildman–Crippen MR) is 91.3 cm³/mol. The molecule has 0 atom stereocenters. The second-order valence-electron chi connectivity index (χ2n) is 5.47. The van der Waals surface area contributed by atoms with E-state index in [1.807, 2.05) is 0 Å². The summed E-state index contributed by atoms with van der Waals surface area (Å²) in [4.78, 5) is 35.1. The van der Waals surface area contributed by atoms with Gasteiger partial charge < -0.3 is 14.8 Å². The van der Waals surface area contributed by atoms with Crippen molar-refractivity contribution < 1.29 is 28.2 Å². The fraction of sp³-hybridized carbons (Fsp3) is 0.105. The first-order valence-electron chi connectivity index (χ1n) is 7.71. The molecule has 0 bridgehead atoms. The van der Waals surface area contributed by atoms with Crippen molar-refractivity contribution in [3.63, 3.8) is 0 Å². The molecular weight excluding hydrogens is 341 g/mol. The maximum absolute atomic E-state index is 13.0. The third-order valence-corrected chi connectivity index (χ3v) is 3.54. The van der Waals surface area contributed by atoms with Crippen LogP contribution in [0.4, 0.5) is 10.1 Å². The van der Waals surface area contributed by atoms with Gasteiger partial charge in [-0.15, -0.1) is 0 Å². The molecule has 1 amide bonds. The predicted octanol–water partition coefficient (Wildman–Crippen LogP) is 2.60. The number of ether oxygens (including phenoxy) is 2. The van der Waals surface area contributed by atoms with Gasteiger partial charge in [0.2, 0.25) is 0 Å². The van der Waals surface area contributed by atoms with Crippen molar-refractivity contribution >= 4 is 29.4 Å². The smallest absolute Gasteiger partial charge is 0.331 e. The van der Waals surface area contributed by atoms with Crippen LogP contribution >= 0.6 is 0 Å². The molecule has 0 spiro atoms. The largest absolute Gasteiger partial charge is 0.482 e. The number of anilines is 1. The second kappa shape index (κ2) is 7.60. The van der Waals surface area contributed by atoms with Crippen LogP contribution in [0.2, 0.25) is 0 Å². The number of carbonyl (C=O) groups excluding carboxylic acids is 3. The van der Waals surface area contributed by atoms with Gasteiger partial charge in [-0.25, -0.2) is 9.18 Å². The van der Waals surface area contributed by atoms with Crippen LogP contribution in [0.15, 0.2) is 48.5 Å². The van der Waals surface area contributed by atoms with Crippen molar-refractivity contribution in [2.75, 3.05) is 18.5 Å². The zero-order valence-electron chi connectivity index (χ0n) is 13.5. The Hall–Kier alpha value is -3.48. The van der Waals surface area contributed by atoms with Crippen molar-refractivity contribution in [1.82, 2.24) is 0 Å². The van der Waals surface area contributed by atoms with E-state index >= 15 is 0 Å². The molecule has 26 heavy (non-hydrogen) atoms. The summed E-state index contributed by atoms with van der Waals surface area (Å²) in [6, 6.07) is 10.2. The highest BCUT2D eigenvalue weighted by Crippen LogP contribution is 2.28. The van der Waals surface area contributed by atoms with Crippen molar-refractivity contribution in [2.24, 2.45) is 0 Å². The van der Waals surface area contributed by atoms with E-state index < -0.39 is 24.2 Å². The summed E-state index contributed by atoms with van der Waals surface area (Å²) < 4.78 is 23.1. The Kier molecular flexibility index (Phi) is 5.07. The summed E-state index contributed by atoms with van der Waals surface area (Å²) in [5.41, 5.74) is 1.17. The number of benzene rings is 2. The molecular formula is C19H14FNO5. The standard InChI is InChI=1S/C19H14FNO5/c20-14-3-1-2-12(8-14)4-7-19(24)26-10-16(22)13-5-6-17-15(9-13)21-18(23)11-25-17/h1-9H,10-11H2,(H,21,23)/b7-4+. The van der Waals surface area contributed by atoms with Crippen LogP contribution in [0, 0.1) is 5.82 Å². The van der Waals surface area contributed by atoms with Gasteiger partial charge in [0.15, 0.2) is 19.0 Å². The molecule has 0 unspecified atom stereocenters. The van der Waals surface area contributed by atoms with E-state index in [-0.39, 0.29) is 18.1 Å². The topological polar surface area (TPSA) is 81.7 Å². The molecule has 0 aromatic heterocycles. The molecule has 1 aliphatic rings. The Morgan fingerprint density at radius 3 is 2.88 bits per heavy atom. The van der Waals surface area contributed by atoms with E-state index in [4.69, 9.17) is 9.47 Å². The van der Waals surface area contributed by atoms with Gasteiger partial charge in [-0.1, -0.05) is 12.1 Å². The lowest BCUT2D eigenvalue weighted by molar-refractivity contribution is -0.136. The Balaban J connectivity index is 1.57. The van der Waals surface area contributed by atoms with E-state index in [9.17, 15) is 18.8 Å². The monoisotopic (exact) mass is 355 g/mol. The average Bonchev–Trinajstić information content (AvgIpc) is 2.63. The van der Waals surface area contributed by atoms with Crippen molar-refractivity contribution in [3.05, 3.63) is 65.5 Å². The van der Waals surface area contributed by atoms with Gasteiger partial charge in [0.1, 0.15) is 11.6 Å². The molecule has 1 heterocycles. The fourth-order valence-electron chi connectivity index (χ4n) is 2.30. The maximum atomic E-state index is 13.0. The average molecular weight is 355 g/mol.